The van der Waals surface area contributed by atoms with E-state index in [4.69, 9.17) is 24.2 Å². The fraction of sp³-hybridized carbons (Fsp3) is 0.533. The van der Waals surface area contributed by atoms with Gasteiger partial charge in [-0.3, -0.25) is 0 Å². The van der Waals surface area contributed by atoms with Crippen LogP contribution in [0.25, 0.3) is 0 Å². The molecule has 20 heavy (non-hydrogen) atoms. The van der Waals surface area contributed by atoms with Crippen molar-refractivity contribution in [3.05, 3.63) is 23.8 Å². The van der Waals surface area contributed by atoms with Gasteiger partial charge in [-0.2, -0.15) is 5.26 Å². The summed E-state index contributed by atoms with van der Waals surface area (Å²) >= 11 is 0. The molecule has 0 aliphatic carbocycles. The lowest BCUT2D eigenvalue weighted by Gasteiger charge is -2.10. The highest BCUT2D eigenvalue weighted by molar-refractivity contribution is 5.47. The Morgan fingerprint density at radius 2 is 2.15 bits per heavy atom. The average Bonchev–Trinajstić information content (AvgIpc) is 3.29. The van der Waals surface area contributed by atoms with Crippen molar-refractivity contribution in [1.82, 2.24) is 0 Å². The molecule has 0 amide bonds. The Labute approximate surface area is 119 Å². The van der Waals surface area contributed by atoms with Crippen LogP contribution in [0, 0.1) is 11.3 Å². The molecular weight excluding hydrogens is 258 g/mol. The lowest BCUT2D eigenvalue weighted by atomic mass is 10.2. The third-order valence-electron chi connectivity index (χ3n) is 2.74. The molecule has 1 aliphatic heterocycles. The second-order valence-corrected chi connectivity index (χ2v) is 4.50. The molecule has 108 valence electrons. The summed E-state index contributed by atoms with van der Waals surface area (Å²) in [5.41, 5.74) is 0.470. The number of nitriles is 1. The summed E-state index contributed by atoms with van der Waals surface area (Å²) < 4.78 is 21.5. The van der Waals surface area contributed by atoms with Gasteiger partial charge in [0.15, 0.2) is 0 Å². The van der Waals surface area contributed by atoms with E-state index in [1.165, 1.54) is 0 Å². The fourth-order valence-electron chi connectivity index (χ4n) is 1.62. The number of hydrogen-bond donors (Lipinski definition) is 0. The number of hydrogen-bond acceptors (Lipinski definition) is 5. The van der Waals surface area contributed by atoms with Crippen LogP contribution in [0.1, 0.15) is 18.9 Å². The summed E-state index contributed by atoms with van der Waals surface area (Å²) in [7, 11) is 0. The Bertz CT molecular complexity index is 465. The number of benzene rings is 1. The molecule has 0 radical (unpaired) electrons. The van der Waals surface area contributed by atoms with E-state index in [2.05, 4.69) is 13.0 Å². The van der Waals surface area contributed by atoms with Crippen LogP contribution >= 0.6 is 0 Å². The van der Waals surface area contributed by atoms with Gasteiger partial charge in [0.1, 0.15) is 36.9 Å². The molecule has 1 unspecified atom stereocenters. The predicted octanol–water partition coefficient (Wildman–Crippen LogP) is 2.14. The fourth-order valence-corrected chi connectivity index (χ4v) is 1.62. The van der Waals surface area contributed by atoms with Crippen molar-refractivity contribution in [2.45, 2.75) is 19.4 Å². The molecule has 0 saturated carbocycles. The van der Waals surface area contributed by atoms with Crippen LogP contribution < -0.4 is 9.47 Å². The van der Waals surface area contributed by atoms with Gasteiger partial charge in [0, 0.05) is 12.7 Å². The van der Waals surface area contributed by atoms with Crippen LogP contribution in [0.4, 0.5) is 0 Å². The molecule has 0 aromatic heterocycles. The first-order valence-electron chi connectivity index (χ1n) is 6.82. The quantitative estimate of drug-likeness (QED) is 0.511. The van der Waals surface area contributed by atoms with Crippen molar-refractivity contribution in [2.75, 3.05) is 33.0 Å². The van der Waals surface area contributed by atoms with Gasteiger partial charge in [0.2, 0.25) is 0 Å². The average molecular weight is 277 g/mol. The van der Waals surface area contributed by atoms with E-state index in [0.29, 0.717) is 36.9 Å². The topological polar surface area (TPSA) is 64.0 Å². The van der Waals surface area contributed by atoms with Crippen LogP contribution in [-0.4, -0.2) is 39.1 Å². The van der Waals surface area contributed by atoms with Crippen LogP contribution in [-0.2, 0) is 9.47 Å². The third kappa shape index (κ3) is 4.72. The van der Waals surface area contributed by atoms with E-state index in [1.807, 2.05) is 0 Å². The zero-order valence-electron chi connectivity index (χ0n) is 11.6. The summed E-state index contributed by atoms with van der Waals surface area (Å²) in [6, 6.07) is 7.35. The van der Waals surface area contributed by atoms with Crippen molar-refractivity contribution in [3.63, 3.8) is 0 Å². The minimum Gasteiger partial charge on any atom is -0.491 e. The SMILES string of the molecule is CCCOCCOc1ccc(OCC2CO2)c(C#N)c1. The van der Waals surface area contributed by atoms with Crippen molar-refractivity contribution >= 4 is 0 Å². The molecule has 1 heterocycles. The van der Waals surface area contributed by atoms with Gasteiger partial charge in [-0.1, -0.05) is 6.92 Å². The molecule has 1 atom stereocenters. The van der Waals surface area contributed by atoms with Crippen LogP contribution in [0.2, 0.25) is 0 Å². The highest BCUT2D eigenvalue weighted by Gasteiger charge is 2.23. The van der Waals surface area contributed by atoms with E-state index < -0.39 is 0 Å². The summed E-state index contributed by atoms with van der Waals surface area (Å²) in [4.78, 5) is 0. The van der Waals surface area contributed by atoms with Crippen LogP contribution in [0.15, 0.2) is 18.2 Å². The minimum atomic E-state index is 0.174. The lowest BCUT2D eigenvalue weighted by molar-refractivity contribution is 0.101. The predicted molar refractivity (Wildman–Crippen MR) is 73.0 cm³/mol. The van der Waals surface area contributed by atoms with E-state index in [-0.39, 0.29) is 6.10 Å². The van der Waals surface area contributed by atoms with E-state index in [1.54, 1.807) is 18.2 Å². The summed E-state index contributed by atoms with van der Waals surface area (Å²) in [5, 5.41) is 9.12. The van der Waals surface area contributed by atoms with Crippen LogP contribution in [0.5, 0.6) is 11.5 Å². The minimum absolute atomic E-state index is 0.174. The lowest BCUT2D eigenvalue weighted by Crippen LogP contribution is -2.08. The van der Waals surface area contributed by atoms with Crippen molar-refractivity contribution in [3.8, 4) is 17.6 Å². The Morgan fingerprint density at radius 1 is 1.30 bits per heavy atom. The Hall–Kier alpha value is -1.77. The monoisotopic (exact) mass is 277 g/mol. The zero-order chi connectivity index (χ0) is 14.2. The number of epoxide rings is 1. The molecule has 0 N–H and O–H groups in total. The summed E-state index contributed by atoms with van der Waals surface area (Å²) in [6.45, 7) is 5.04. The summed E-state index contributed by atoms with van der Waals surface area (Å²) in [5.74, 6) is 1.22. The first-order valence-corrected chi connectivity index (χ1v) is 6.82. The third-order valence-corrected chi connectivity index (χ3v) is 2.74. The number of ether oxygens (including phenoxy) is 4. The van der Waals surface area contributed by atoms with Crippen molar-refractivity contribution in [1.29, 1.82) is 5.26 Å². The molecule has 0 spiro atoms. The van der Waals surface area contributed by atoms with Crippen molar-refractivity contribution in [2.24, 2.45) is 0 Å². The molecule has 2 rings (SSSR count). The zero-order valence-corrected chi connectivity index (χ0v) is 11.6. The number of nitrogens with zero attached hydrogens (tertiary/aromatic N) is 1. The first-order chi connectivity index (χ1) is 9.83. The number of rotatable bonds is 9. The van der Waals surface area contributed by atoms with Gasteiger partial charge >= 0.3 is 0 Å². The molecule has 1 aromatic carbocycles. The van der Waals surface area contributed by atoms with Gasteiger partial charge in [0.25, 0.3) is 0 Å². The molecule has 1 fully saturated rings. The van der Waals surface area contributed by atoms with Gasteiger partial charge in [0.05, 0.1) is 18.8 Å². The molecule has 5 nitrogen and oxygen atoms in total. The molecular formula is C15H19NO4. The second kappa shape index (κ2) is 7.73. The van der Waals surface area contributed by atoms with Gasteiger partial charge < -0.3 is 18.9 Å². The van der Waals surface area contributed by atoms with Gasteiger partial charge in [-0.15, -0.1) is 0 Å². The van der Waals surface area contributed by atoms with Gasteiger partial charge in [-0.05, 0) is 18.6 Å². The standard InChI is InChI=1S/C15H19NO4/c1-2-5-17-6-7-18-13-3-4-15(12(8-13)9-16)20-11-14-10-19-14/h3-4,8,14H,2,5-7,10-11H2,1H3. The normalized spacial score (nSPS) is 16.5. The van der Waals surface area contributed by atoms with Gasteiger partial charge in [-0.25, -0.2) is 0 Å². The van der Waals surface area contributed by atoms with E-state index in [0.717, 1.165) is 19.6 Å². The van der Waals surface area contributed by atoms with Crippen molar-refractivity contribution < 1.29 is 18.9 Å². The van der Waals surface area contributed by atoms with E-state index >= 15 is 0 Å². The molecule has 1 saturated heterocycles. The highest BCUT2D eigenvalue weighted by atomic mass is 16.6. The van der Waals surface area contributed by atoms with Crippen LogP contribution in [0.3, 0.4) is 0 Å². The maximum Gasteiger partial charge on any atom is 0.137 e. The second-order valence-electron chi connectivity index (χ2n) is 4.50. The Morgan fingerprint density at radius 3 is 2.85 bits per heavy atom. The van der Waals surface area contributed by atoms with E-state index in [9.17, 15) is 0 Å². The maximum absolute atomic E-state index is 9.12. The first kappa shape index (κ1) is 14.6. The Kier molecular flexibility index (Phi) is 5.66. The Balaban J connectivity index is 1.82. The molecule has 1 aliphatic rings. The smallest absolute Gasteiger partial charge is 0.137 e. The maximum atomic E-state index is 9.12. The highest BCUT2D eigenvalue weighted by Crippen LogP contribution is 2.24. The molecule has 0 bridgehead atoms. The summed E-state index contributed by atoms with van der Waals surface area (Å²) in [6.07, 6.45) is 1.17. The molecule has 1 aromatic rings. The largest absolute Gasteiger partial charge is 0.491 e. The molecule has 5 heteroatoms.